The maximum absolute atomic E-state index is 12.5. The molecule has 1 aromatic heterocycles. The number of carbonyl (C=O) groups is 1. The van der Waals surface area contributed by atoms with Crippen molar-refractivity contribution in [3.8, 4) is 11.4 Å². The topological polar surface area (TPSA) is 45.8 Å². The molecule has 0 radical (unpaired) electrons. The van der Waals surface area contributed by atoms with Gasteiger partial charge in [-0.1, -0.05) is 66.7 Å². The molecular formula is C21H16N2O. The van der Waals surface area contributed by atoms with Crippen LogP contribution in [0.4, 0.5) is 0 Å². The lowest BCUT2D eigenvalue weighted by molar-refractivity contribution is 0.0993. The number of aromatic amines is 1. The minimum absolute atomic E-state index is 0.110. The molecule has 0 bridgehead atoms. The lowest BCUT2D eigenvalue weighted by atomic mass is 9.98. The normalized spacial score (nSPS) is 10.8. The first-order chi connectivity index (χ1) is 11.8. The number of imidazole rings is 1. The quantitative estimate of drug-likeness (QED) is 0.557. The van der Waals surface area contributed by atoms with E-state index in [2.05, 4.69) is 9.97 Å². The van der Waals surface area contributed by atoms with Crippen molar-refractivity contribution >= 4 is 16.8 Å². The van der Waals surface area contributed by atoms with E-state index in [9.17, 15) is 4.79 Å². The lowest BCUT2D eigenvalue weighted by Crippen LogP contribution is -2.04. The van der Waals surface area contributed by atoms with Crippen molar-refractivity contribution in [1.29, 1.82) is 0 Å². The second-order valence-corrected chi connectivity index (χ2v) is 5.73. The van der Waals surface area contributed by atoms with Crippen LogP contribution in [0, 0.1) is 0 Å². The van der Waals surface area contributed by atoms with E-state index in [1.807, 2.05) is 78.9 Å². The third kappa shape index (κ3) is 2.72. The van der Waals surface area contributed by atoms with Crippen molar-refractivity contribution in [1.82, 2.24) is 9.97 Å². The average Bonchev–Trinajstić information content (AvgIpc) is 3.07. The molecule has 3 aromatic carbocycles. The zero-order valence-electron chi connectivity index (χ0n) is 13.1. The molecule has 24 heavy (non-hydrogen) atoms. The number of nitrogens with zero attached hydrogens (tertiary/aromatic N) is 1. The van der Waals surface area contributed by atoms with Gasteiger partial charge < -0.3 is 4.98 Å². The number of rotatable bonds is 4. The number of para-hydroxylation sites is 2. The first kappa shape index (κ1) is 14.4. The fraction of sp³-hybridized carbons (Fsp3) is 0.0476. The molecule has 4 rings (SSSR count). The number of fused-ring (bicyclic) bond motifs is 1. The summed E-state index contributed by atoms with van der Waals surface area (Å²) < 4.78 is 0. The van der Waals surface area contributed by atoms with Gasteiger partial charge in [-0.2, -0.15) is 0 Å². The third-order valence-electron chi connectivity index (χ3n) is 4.11. The Morgan fingerprint density at radius 2 is 1.54 bits per heavy atom. The zero-order chi connectivity index (χ0) is 16.4. The molecule has 3 heteroatoms. The maximum atomic E-state index is 12.5. The molecule has 1 N–H and O–H groups in total. The summed E-state index contributed by atoms with van der Waals surface area (Å²) >= 11 is 0. The number of H-pyrrole nitrogens is 1. The molecule has 0 aliphatic heterocycles. The molecule has 0 fully saturated rings. The van der Waals surface area contributed by atoms with Crippen LogP contribution in [-0.4, -0.2) is 15.8 Å². The van der Waals surface area contributed by atoms with Gasteiger partial charge in [0.1, 0.15) is 5.82 Å². The summed E-state index contributed by atoms with van der Waals surface area (Å²) in [5.41, 5.74) is 4.61. The van der Waals surface area contributed by atoms with Crippen molar-refractivity contribution in [3.63, 3.8) is 0 Å². The van der Waals surface area contributed by atoms with Crippen LogP contribution < -0.4 is 0 Å². The van der Waals surface area contributed by atoms with Crippen molar-refractivity contribution in [2.24, 2.45) is 0 Å². The molecular weight excluding hydrogens is 296 g/mol. The number of hydrogen-bond donors (Lipinski definition) is 1. The molecule has 116 valence electrons. The van der Waals surface area contributed by atoms with Gasteiger partial charge in [0.05, 0.1) is 11.0 Å². The van der Waals surface area contributed by atoms with Crippen molar-refractivity contribution in [3.05, 3.63) is 90.0 Å². The van der Waals surface area contributed by atoms with Crippen molar-refractivity contribution in [2.45, 2.75) is 6.42 Å². The first-order valence-electron chi connectivity index (χ1n) is 7.92. The number of aromatic nitrogens is 2. The van der Waals surface area contributed by atoms with Gasteiger partial charge >= 0.3 is 0 Å². The van der Waals surface area contributed by atoms with Gasteiger partial charge in [-0.05, 0) is 17.7 Å². The standard InChI is InChI=1S/C21H16N2O/c24-20(15-8-2-1-3-9-15)14-16-10-4-5-11-17(16)21-22-18-12-6-7-13-19(18)23-21/h1-13H,14H2,(H,22,23). The predicted octanol–water partition coefficient (Wildman–Crippen LogP) is 4.66. The fourth-order valence-corrected chi connectivity index (χ4v) is 2.88. The number of Topliss-reactive ketones (excluding diaryl/α,β-unsaturated/α-hetero) is 1. The summed E-state index contributed by atoms with van der Waals surface area (Å²) in [5, 5.41) is 0. The number of nitrogens with one attached hydrogen (secondary N) is 1. The number of hydrogen-bond acceptors (Lipinski definition) is 2. The largest absolute Gasteiger partial charge is 0.338 e. The Hall–Kier alpha value is -3.20. The highest BCUT2D eigenvalue weighted by Gasteiger charge is 2.13. The molecule has 0 unspecified atom stereocenters. The smallest absolute Gasteiger partial charge is 0.167 e. The Labute approximate surface area is 140 Å². The monoisotopic (exact) mass is 312 g/mol. The molecule has 0 spiro atoms. The maximum Gasteiger partial charge on any atom is 0.167 e. The van der Waals surface area contributed by atoms with E-state index in [4.69, 9.17) is 0 Å². The zero-order valence-corrected chi connectivity index (χ0v) is 13.1. The molecule has 0 aliphatic rings. The van der Waals surface area contributed by atoms with Crippen molar-refractivity contribution in [2.75, 3.05) is 0 Å². The highest BCUT2D eigenvalue weighted by Crippen LogP contribution is 2.25. The van der Waals surface area contributed by atoms with E-state index in [1.165, 1.54) is 0 Å². The number of ketones is 1. The van der Waals surface area contributed by atoms with E-state index in [0.717, 1.165) is 33.5 Å². The first-order valence-corrected chi connectivity index (χ1v) is 7.92. The molecule has 0 saturated heterocycles. The predicted molar refractivity (Wildman–Crippen MR) is 96.0 cm³/mol. The number of carbonyl (C=O) groups excluding carboxylic acids is 1. The van der Waals surface area contributed by atoms with Gasteiger partial charge in [0.25, 0.3) is 0 Å². The van der Waals surface area contributed by atoms with Gasteiger partial charge in [-0.25, -0.2) is 4.98 Å². The summed E-state index contributed by atoms with van der Waals surface area (Å²) in [4.78, 5) is 20.5. The molecule has 0 amide bonds. The lowest BCUT2D eigenvalue weighted by Gasteiger charge is -2.07. The second kappa shape index (κ2) is 6.13. The van der Waals surface area contributed by atoms with Gasteiger partial charge in [0.2, 0.25) is 0 Å². The minimum Gasteiger partial charge on any atom is -0.338 e. The Bertz CT molecular complexity index is 969. The van der Waals surface area contributed by atoms with E-state index < -0.39 is 0 Å². The van der Waals surface area contributed by atoms with Crippen LogP contribution in [0.15, 0.2) is 78.9 Å². The van der Waals surface area contributed by atoms with Gasteiger partial charge in [0, 0.05) is 17.5 Å². The Kier molecular flexibility index (Phi) is 3.67. The Morgan fingerprint density at radius 3 is 2.38 bits per heavy atom. The summed E-state index contributed by atoms with van der Waals surface area (Å²) in [6.45, 7) is 0. The van der Waals surface area contributed by atoms with Gasteiger partial charge in [-0.15, -0.1) is 0 Å². The van der Waals surface area contributed by atoms with Gasteiger partial charge in [-0.3, -0.25) is 4.79 Å². The van der Waals surface area contributed by atoms with Crippen LogP contribution in [0.1, 0.15) is 15.9 Å². The molecule has 3 nitrogen and oxygen atoms in total. The second-order valence-electron chi connectivity index (χ2n) is 5.73. The van der Waals surface area contributed by atoms with Crippen LogP contribution in [0.3, 0.4) is 0 Å². The SMILES string of the molecule is O=C(Cc1ccccc1-c1nc2ccccc2[nH]1)c1ccccc1. The van der Waals surface area contributed by atoms with E-state index in [-0.39, 0.29) is 5.78 Å². The van der Waals surface area contributed by atoms with E-state index >= 15 is 0 Å². The average molecular weight is 312 g/mol. The molecule has 0 saturated carbocycles. The third-order valence-corrected chi connectivity index (χ3v) is 4.11. The summed E-state index contributed by atoms with van der Waals surface area (Å²) in [7, 11) is 0. The van der Waals surface area contributed by atoms with Crippen LogP contribution in [0.2, 0.25) is 0 Å². The highest BCUT2D eigenvalue weighted by molar-refractivity contribution is 5.98. The van der Waals surface area contributed by atoms with Crippen LogP contribution >= 0.6 is 0 Å². The number of benzene rings is 3. The molecule has 0 atom stereocenters. The summed E-state index contributed by atoms with van der Waals surface area (Å²) in [5.74, 6) is 0.909. The van der Waals surface area contributed by atoms with Gasteiger partial charge in [0.15, 0.2) is 5.78 Å². The molecule has 4 aromatic rings. The van der Waals surface area contributed by atoms with Crippen LogP contribution in [-0.2, 0) is 6.42 Å². The molecule has 0 aliphatic carbocycles. The Morgan fingerprint density at radius 1 is 0.833 bits per heavy atom. The van der Waals surface area contributed by atoms with E-state index in [0.29, 0.717) is 6.42 Å². The molecule has 1 heterocycles. The Balaban J connectivity index is 1.71. The minimum atomic E-state index is 0.110. The summed E-state index contributed by atoms with van der Waals surface area (Å²) in [6, 6.07) is 25.3. The fourth-order valence-electron chi connectivity index (χ4n) is 2.88. The highest BCUT2D eigenvalue weighted by atomic mass is 16.1. The van der Waals surface area contributed by atoms with E-state index in [1.54, 1.807) is 0 Å². The van der Waals surface area contributed by atoms with Crippen LogP contribution in [0.5, 0.6) is 0 Å². The van der Waals surface area contributed by atoms with Crippen molar-refractivity contribution < 1.29 is 4.79 Å². The summed E-state index contributed by atoms with van der Waals surface area (Å²) in [6.07, 6.45) is 0.358. The van der Waals surface area contributed by atoms with Crippen LogP contribution in [0.25, 0.3) is 22.4 Å².